The van der Waals surface area contributed by atoms with Crippen LogP contribution in [0.3, 0.4) is 0 Å². The Morgan fingerprint density at radius 1 is 1.15 bits per heavy atom. The Kier molecular flexibility index (Phi) is 7.28. The molecule has 1 fully saturated rings. The summed E-state index contributed by atoms with van der Waals surface area (Å²) in [5, 5.41) is 9.36. The summed E-state index contributed by atoms with van der Waals surface area (Å²) in [7, 11) is 1.81. The number of hydrogen-bond donors (Lipinski definition) is 2. The summed E-state index contributed by atoms with van der Waals surface area (Å²) in [4.78, 5) is 4.29. The van der Waals surface area contributed by atoms with Crippen molar-refractivity contribution < 1.29 is 9.47 Å². The molecule has 26 heavy (non-hydrogen) atoms. The van der Waals surface area contributed by atoms with Crippen LogP contribution in [-0.2, 0) is 15.9 Å². The SMILES string of the molecule is CN=C(NCCCOC1CCOC1)NCCc1cccc2ccccc12. The number of rotatable bonds is 8. The normalized spacial score (nSPS) is 17.6. The topological polar surface area (TPSA) is 54.9 Å². The molecule has 0 spiro atoms. The van der Waals surface area contributed by atoms with Gasteiger partial charge >= 0.3 is 0 Å². The van der Waals surface area contributed by atoms with Gasteiger partial charge in [0.2, 0.25) is 0 Å². The number of aliphatic imine (C=N–C) groups is 1. The third kappa shape index (κ3) is 5.44. The van der Waals surface area contributed by atoms with Crippen LogP contribution in [0.5, 0.6) is 0 Å². The fraction of sp³-hybridized carbons (Fsp3) is 0.476. The van der Waals surface area contributed by atoms with Crippen molar-refractivity contribution in [1.29, 1.82) is 0 Å². The zero-order chi connectivity index (χ0) is 18.0. The first kappa shape index (κ1) is 18.7. The lowest BCUT2D eigenvalue weighted by Gasteiger charge is -2.13. The van der Waals surface area contributed by atoms with E-state index in [1.165, 1.54) is 16.3 Å². The van der Waals surface area contributed by atoms with E-state index in [-0.39, 0.29) is 6.10 Å². The summed E-state index contributed by atoms with van der Waals surface area (Å²) in [5.41, 5.74) is 1.36. The highest BCUT2D eigenvalue weighted by atomic mass is 16.5. The predicted molar refractivity (Wildman–Crippen MR) is 107 cm³/mol. The molecule has 0 aliphatic carbocycles. The van der Waals surface area contributed by atoms with Gasteiger partial charge in [0.25, 0.3) is 0 Å². The zero-order valence-corrected chi connectivity index (χ0v) is 15.5. The van der Waals surface area contributed by atoms with Crippen molar-refractivity contribution in [1.82, 2.24) is 10.6 Å². The molecule has 1 saturated heterocycles. The van der Waals surface area contributed by atoms with Crippen molar-refractivity contribution in [3.8, 4) is 0 Å². The van der Waals surface area contributed by atoms with E-state index in [1.54, 1.807) is 7.05 Å². The number of nitrogens with one attached hydrogen (secondary N) is 2. The molecule has 1 atom stereocenters. The van der Waals surface area contributed by atoms with E-state index in [4.69, 9.17) is 9.47 Å². The molecular formula is C21H29N3O2. The number of benzene rings is 2. The highest BCUT2D eigenvalue weighted by Gasteiger charge is 2.15. The van der Waals surface area contributed by atoms with Crippen molar-refractivity contribution in [2.45, 2.75) is 25.4 Å². The highest BCUT2D eigenvalue weighted by Crippen LogP contribution is 2.18. The molecule has 1 unspecified atom stereocenters. The Bertz CT molecular complexity index is 706. The number of nitrogens with zero attached hydrogens (tertiary/aromatic N) is 1. The molecule has 0 amide bonds. The molecule has 0 bridgehead atoms. The molecule has 0 radical (unpaired) electrons. The van der Waals surface area contributed by atoms with Gasteiger partial charge in [0, 0.05) is 33.4 Å². The first-order chi connectivity index (χ1) is 12.9. The first-order valence-corrected chi connectivity index (χ1v) is 9.47. The Morgan fingerprint density at radius 3 is 2.85 bits per heavy atom. The van der Waals surface area contributed by atoms with Crippen LogP contribution in [0, 0.1) is 0 Å². The number of ether oxygens (including phenoxy) is 2. The van der Waals surface area contributed by atoms with Crippen molar-refractivity contribution in [3.63, 3.8) is 0 Å². The molecule has 0 saturated carbocycles. The van der Waals surface area contributed by atoms with Crippen LogP contribution in [0.2, 0.25) is 0 Å². The summed E-state index contributed by atoms with van der Waals surface area (Å²) in [5.74, 6) is 0.842. The van der Waals surface area contributed by atoms with Crippen LogP contribution < -0.4 is 10.6 Å². The van der Waals surface area contributed by atoms with Gasteiger partial charge in [-0.2, -0.15) is 0 Å². The van der Waals surface area contributed by atoms with Crippen LogP contribution in [0.1, 0.15) is 18.4 Å². The predicted octanol–water partition coefficient (Wildman–Crippen LogP) is 2.74. The maximum Gasteiger partial charge on any atom is 0.190 e. The number of fused-ring (bicyclic) bond motifs is 1. The highest BCUT2D eigenvalue weighted by molar-refractivity contribution is 5.85. The molecule has 5 heteroatoms. The number of hydrogen-bond acceptors (Lipinski definition) is 3. The van der Waals surface area contributed by atoms with Crippen molar-refractivity contribution in [2.75, 3.05) is 40.0 Å². The van der Waals surface area contributed by atoms with Gasteiger partial charge in [0.15, 0.2) is 5.96 Å². The van der Waals surface area contributed by atoms with Crippen molar-refractivity contribution in [3.05, 3.63) is 48.0 Å². The Labute approximate surface area is 155 Å². The van der Waals surface area contributed by atoms with E-state index in [1.807, 2.05) is 0 Å². The second-order valence-corrected chi connectivity index (χ2v) is 6.52. The monoisotopic (exact) mass is 355 g/mol. The van der Waals surface area contributed by atoms with E-state index in [0.717, 1.165) is 58.1 Å². The van der Waals surface area contributed by atoms with Crippen molar-refractivity contribution in [2.24, 2.45) is 4.99 Å². The summed E-state index contributed by atoms with van der Waals surface area (Å²) >= 11 is 0. The van der Waals surface area contributed by atoms with Gasteiger partial charge in [0.05, 0.1) is 12.7 Å². The number of guanidine groups is 1. The van der Waals surface area contributed by atoms with Gasteiger partial charge < -0.3 is 20.1 Å². The van der Waals surface area contributed by atoms with E-state index in [2.05, 4.69) is 58.1 Å². The average Bonchev–Trinajstić information content (AvgIpc) is 3.20. The second kappa shape index (κ2) is 10.1. The quantitative estimate of drug-likeness (QED) is 0.434. The van der Waals surface area contributed by atoms with Gasteiger partial charge in [0.1, 0.15) is 0 Å². The molecule has 2 aromatic rings. The molecule has 1 aliphatic heterocycles. The maximum atomic E-state index is 5.77. The molecule has 5 nitrogen and oxygen atoms in total. The van der Waals surface area contributed by atoms with E-state index in [9.17, 15) is 0 Å². The summed E-state index contributed by atoms with van der Waals surface area (Å²) < 4.78 is 11.1. The molecule has 3 rings (SSSR count). The third-order valence-corrected chi connectivity index (χ3v) is 4.65. The largest absolute Gasteiger partial charge is 0.379 e. The first-order valence-electron chi connectivity index (χ1n) is 9.47. The summed E-state index contributed by atoms with van der Waals surface area (Å²) in [6, 6.07) is 15.0. The summed E-state index contributed by atoms with van der Waals surface area (Å²) in [6.07, 6.45) is 3.23. The van der Waals surface area contributed by atoms with Gasteiger partial charge in [-0.3, -0.25) is 4.99 Å². The van der Waals surface area contributed by atoms with Crippen LogP contribution >= 0.6 is 0 Å². The smallest absolute Gasteiger partial charge is 0.190 e. The lowest BCUT2D eigenvalue weighted by atomic mass is 10.0. The Morgan fingerprint density at radius 2 is 2.00 bits per heavy atom. The van der Waals surface area contributed by atoms with Crippen LogP contribution in [0.4, 0.5) is 0 Å². The van der Waals surface area contributed by atoms with E-state index in [0.29, 0.717) is 0 Å². The lowest BCUT2D eigenvalue weighted by Crippen LogP contribution is -2.39. The minimum Gasteiger partial charge on any atom is -0.379 e. The molecule has 2 N–H and O–H groups in total. The molecule has 1 heterocycles. The molecule has 140 valence electrons. The molecule has 2 aromatic carbocycles. The van der Waals surface area contributed by atoms with Crippen LogP contribution in [0.25, 0.3) is 10.8 Å². The van der Waals surface area contributed by atoms with Crippen molar-refractivity contribution >= 4 is 16.7 Å². The van der Waals surface area contributed by atoms with E-state index >= 15 is 0 Å². The van der Waals surface area contributed by atoms with E-state index < -0.39 is 0 Å². The van der Waals surface area contributed by atoms with Gasteiger partial charge in [-0.1, -0.05) is 42.5 Å². The fourth-order valence-electron chi connectivity index (χ4n) is 3.22. The van der Waals surface area contributed by atoms with Crippen LogP contribution in [0.15, 0.2) is 47.5 Å². The van der Waals surface area contributed by atoms with Gasteiger partial charge in [-0.15, -0.1) is 0 Å². The van der Waals surface area contributed by atoms with Crippen LogP contribution in [-0.4, -0.2) is 52.0 Å². The summed E-state index contributed by atoms with van der Waals surface area (Å²) in [6.45, 7) is 4.03. The van der Waals surface area contributed by atoms with Gasteiger partial charge in [-0.25, -0.2) is 0 Å². The lowest BCUT2D eigenvalue weighted by molar-refractivity contribution is 0.0420. The Balaban J connectivity index is 1.36. The zero-order valence-electron chi connectivity index (χ0n) is 15.5. The fourth-order valence-corrected chi connectivity index (χ4v) is 3.22. The van der Waals surface area contributed by atoms with Gasteiger partial charge in [-0.05, 0) is 35.6 Å². The molecule has 0 aromatic heterocycles. The minimum atomic E-state index is 0.285. The average molecular weight is 355 g/mol. The Hall–Kier alpha value is -2.11. The third-order valence-electron chi connectivity index (χ3n) is 4.65. The minimum absolute atomic E-state index is 0.285. The molecular weight excluding hydrogens is 326 g/mol. The second-order valence-electron chi connectivity index (χ2n) is 6.52. The maximum absolute atomic E-state index is 5.77. The molecule has 1 aliphatic rings. The standard InChI is InChI=1S/C21H29N3O2/c1-22-21(23-12-5-14-26-19-11-15-25-16-19)24-13-10-18-8-4-7-17-6-2-3-9-20(17)18/h2-4,6-9,19H,5,10-16H2,1H3,(H2,22,23,24).